The first-order chi connectivity index (χ1) is 7.75. The largest absolute Gasteiger partial charge is 0.361 e. The summed E-state index contributed by atoms with van der Waals surface area (Å²) in [7, 11) is 0. The van der Waals surface area contributed by atoms with Crippen molar-refractivity contribution < 1.29 is 4.52 Å². The van der Waals surface area contributed by atoms with Crippen molar-refractivity contribution >= 4 is 10.9 Å². The quantitative estimate of drug-likeness (QED) is 0.676. The minimum atomic E-state index is 0.848. The van der Waals surface area contributed by atoms with Gasteiger partial charge >= 0.3 is 0 Å². The Hall–Kier alpha value is -2.10. The number of H-pyrrole nitrogens is 1. The fourth-order valence-electron chi connectivity index (χ4n) is 1.99. The number of hydrogen-bond acceptors (Lipinski definition) is 3. The molecule has 0 bridgehead atoms. The smallest absolute Gasteiger partial charge is 0.141 e. The summed E-state index contributed by atoms with van der Waals surface area (Å²) in [6.45, 7) is 3.88. The van der Waals surface area contributed by atoms with Gasteiger partial charge in [-0.25, -0.2) is 0 Å². The van der Waals surface area contributed by atoms with Crippen molar-refractivity contribution in [2.45, 2.75) is 13.8 Å². The molecule has 0 aliphatic heterocycles. The van der Waals surface area contributed by atoms with E-state index in [-0.39, 0.29) is 0 Å². The van der Waals surface area contributed by atoms with Crippen LogP contribution < -0.4 is 0 Å². The van der Waals surface area contributed by atoms with Gasteiger partial charge in [0.2, 0.25) is 0 Å². The molecule has 4 heteroatoms. The zero-order chi connectivity index (χ0) is 11.1. The monoisotopic (exact) mass is 213 g/mol. The molecular weight excluding hydrogens is 202 g/mol. The molecule has 0 radical (unpaired) electrons. The number of aromatic nitrogens is 3. The van der Waals surface area contributed by atoms with E-state index in [1.165, 1.54) is 0 Å². The highest BCUT2D eigenvalue weighted by atomic mass is 16.5. The predicted octanol–water partition coefficient (Wildman–Crippen LogP) is 2.83. The van der Waals surface area contributed by atoms with Crippen molar-refractivity contribution in [1.82, 2.24) is 15.4 Å². The van der Waals surface area contributed by atoms with Crippen LogP contribution in [0.2, 0.25) is 0 Å². The van der Waals surface area contributed by atoms with E-state index in [4.69, 9.17) is 4.52 Å². The summed E-state index contributed by atoms with van der Waals surface area (Å²) in [5.41, 5.74) is 4.14. The maximum atomic E-state index is 5.17. The molecule has 1 N–H and O–H groups in total. The second kappa shape index (κ2) is 3.20. The summed E-state index contributed by atoms with van der Waals surface area (Å²) in [5.74, 6) is 0.848. The molecule has 0 amide bonds. The molecule has 3 aromatic rings. The molecule has 2 aromatic heterocycles. The van der Waals surface area contributed by atoms with Crippen molar-refractivity contribution in [3.8, 4) is 11.1 Å². The van der Waals surface area contributed by atoms with Crippen LogP contribution in [0, 0.1) is 13.8 Å². The van der Waals surface area contributed by atoms with E-state index in [0.717, 1.165) is 33.5 Å². The van der Waals surface area contributed by atoms with Crippen LogP contribution in [0.1, 0.15) is 11.5 Å². The topological polar surface area (TPSA) is 54.7 Å². The van der Waals surface area contributed by atoms with Crippen molar-refractivity contribution in [3.05, 3.63) is 35.9 Å². The lowest BCUT2D eigenvalue weighted by Gasteiger charge is -1.99. The summed E-state index contributed by atoms with van der Waals surface area (Å²) < 4.78 is 5.17. The Labute approximate surface area is 92.3 Å². The van der Waals surface area contributed by atoms with Gasteiger partial charge in [-0.3, -0.25) is 5.10 Å². The van der Waals surface area contributed by atoms with Gasteiger partial charge in [0.15, 0.2) is 0 Å². The van der Waals surface area contributed by atoms with Gasteiger partial charge in [-0.1, -0.05) is 11.2 Å². The van der Waals surface area contributed by atoms with Crippen molar-refractivity contribution in [2.24, 2.45) is 0 Å². The number of aromatic amines is 1. The first-order valence-corrected chi connectivity index (χ1v) is 5.12. The molecule has 0 aliphatic rings. The minimum absolute atomic E-state index is 0.848. The second-order valence-electron chi connectivity index (χ2n) is 3.87. The van der Waals surface area contributed by atoms with Gasteiger partial charge in [0.05, 0.1) is 17.4 Å². The molecule has 16 heavy (non-hydrogen) atoms. The zero-order valence-corrected chi connectivity index (χ0v) is 9.11. The molecule has 0 atom stereocenters. The molecule has 0 saturated heterocycles. The van der Waals surface area contributed by atoms with Gasteiger partial charge in [0.1, 0.15) is 5.76 Å². The molecule has 0 fully saturated rings. The van der Waals surface area contributed by atoms with Crippen molar-refractivity contribution in [1.29, 1.82) is 0 Å². The van der Waals surface area contributed by atoms with Crippen LogP contribution in [0.25, 0.3) is 22.0 Å². The third-order valence-corrected chi connectivity index (χ3v) is 2.76. The zero-order valence-electron chi connectivity index (χ0n) is 9.11. The molecule has 0 aliphatic carbocycles. The number of aryl methyl sites for hydroxylation is 2. The first-order valence-electron chi connectivity index (χ1n) is 5.12. The Morgan fingerprint density at radius 3 is 2.88 bits per heavy atom. The molecule has 4 nitrogen and oxygen atoms in total. The summed E-state index contributed by atoms with van der Waals surface area (Å²) >= 11 is 0. The summed E-state index contributed by atoms with van der Waals surface area (Å²) in [4.78, 5) is 0. The summed E-state index contributed by atoms with van der Waals surface area (Å²) in [6, 6.07) is 6.15. The third kappa shape index (κ3) is 1.23. The second-order valence-corrected chi connectivity index (χ2v) is 3.87. The average molecular weight is 213 g/mol. The van der Waals surface area contributed by atoms with Crippen LogP contribution in [-0.4, -0.2) is 15.4 Å². The van der Waals surface area contributed by atoms with Gasteiger partial charge in [0.25, 0.3) is 0 Å². The number of hydrogen-bond donors (Lipinski definition) is 1. The Balaban J connectivity index is 2.25. The highest BCUT2D eigenvalue weighted by molar-refractivity contribution is 5.84. The number of rotatable bonds is 1. The maximum Gasteiger partial charge on any atom is 0.141 e. The van der Waals surface area contributed by atoms with Crippen LogP contribution in [0.3, 0.4) is 0 Å². The summed E-state index contributed by atoms with van der Waals surface area (Å²) in [6.07, 6.45) is 1.82. The van der Waals surface area contributed by atoms with E-state index in [2.05, 4.69) is 21.4 Å². The van der Waals surface area contributed by atoms with Crippen LogP contribution in [0.4, 0.5) is 0 Å². The average Bonchev–Trinajstić information content (AvgIpc) is 2.85. The minimum Gasteiger partial charge on any atom is -0.361 e. The van der Waals surface area contributed by atoms with E-state index < -0.39 is 0 Å². The van der Waals surface area contributed by atoms with Gasteiger partial charge in [-0.05, 0) is 31.5 Å². The number of nitrogens with one attached hydrogen (secondary N) is 1. The van der Waals surface area contributed by atoms with E-state index >= 15 is 0 Å². The van der Waals surface area contributed by atoms with Gasteiger partial charge in [-0.2, -0.15) is 5.10 Å². The highest BCUT2D eigenvalue weighted by Gasteiger charge is 2.11. The Bertz CT molecular complexity index is 632. The first kappa shape index (κ1) is 9.15. The lowest BCUT2D eigenvalue weighted by Crippen LogP contribution is -1.81. The number of nitrogens with zero attached hydrogens (tertiary/aromatic N) is 2. The summed E-state index contributed by atoms with van der Waals surface area (Å²) in [5, 5.41) is 12.0. The number of fused-ring (bicyclic) bond motifs is 1. The molecule has 0 spiro atoms. The van der Waals surface area contributed by atoms with Crippen LogP contribution in [0.5, 0.6) is 0 Å². The van der Waals surface area contributed by atoms with E-state index in [0.29, 0.717) is 0 Å². The SMILES string of the molecule is Cc1noc(C)c1-c1ccc2[nH]ncc2c1. The molecule has 1 aromatic carbocycles. The van der Waals surface area contributed by atoms with E-state index in [1.54, 1.807) is 0 Å². The Kier molecular flexibility index (Phi) is 1.83. The fraction of sp³-hybridized carbons (Fsp3) is 0.167. The van der Waals surface area contributed by atoms with Gasteiger partial charge in [0, 0.05) is 10.9 Å². The van der Waals surface area contributed by atoms with Crippen LogP contribution >= 0.6 is 0 Å². The van der Waals surface area contributed by atoms with E-state index in [9.17, 15) is 0 Å². The normalized spacial score (nSPS) is 11.1. The van der Waals surface area contributed by atoms with Gasteiger partial charge in [-0.15, -0.1) is 0 Å². The molecular formula is C12H11N3O. The highest BCUT2D eigenvalue weighted by Crippen LogP contribution is 2.28. The molecule has 0 unspecified atom stereocenters. The fourth-order valence-corrected chi connectivity index (χ4v) is 1.99. The standard InChI is InChI=1S/C12H11N3O/c1-7-12(8(2)16-15-7)9-3-4-11-10(5-9)6-13-14-11/h3-6H,1-2H3,(H,13,14). The third-order valence-electron chi connectivity index (χ3n) is 2.76. The molecule has 80 valence electrons. The van der Waals surface area contributed by atoms with Crippen LogP contribution in [0.15, 0.2) is 28.9 Å². The lowest BCUT2D eigenvalue weighted by atomic mass is 10.0. The lowest BCUT2D eigenvalue weighted by molar-refractivity contribution is 0.393. The van der Waals surface area contributed by atoms with E-state index in [1.807, 2.05) is 32.2 Å². The predicted molar refractivity (Wildman–Crippen MR) is 61.1 cm³/mol. The Morgan fingerprint density at radius 2 is 2.12 bits per heavy atom. The Morgan fingerprint density at radius 1 is 1.25 bits per heavy atom. The van der Waals surface area contributed by atoms with Gasteiger partial charge < -0.3 is 4.52 Å². The van der Waals surface area contributed by atoms with Crippen molar-refractivity contribution in [2.75, 3.05) is 0 Å². The maximum absolute atomic E-state index is 5.17. The molecule has 3 rings (SSSR count). The molecule has 0 saturated carbocycles. The van der Waals surface area contributed by atoms with Crippen molar-refractivity contribution in [3.63, 3.8) is 0 Å². The van der Waals surface area contributed by atoms with Crippen LogP contribution in [-0.2, 0) is 0 Å². The number of benzene rings is 1. The molecule has 2 heterocycles.